The topological polar surface area (TPSA) is 50.8 Å². The molecule has 5 rings (SSSR count). The zero-order chi connectivity index (χ0) is 20.5. The molecule has 0 fully saturated rings. The quantitative estimate of drug-likeness (QED) is 0.639. The van der Waals surface area contributed by atoms with Gasteiger partial charge in [-0.3, -0.25) is 9.69 Å². The normalized spacial score (nSPS) is 19.2. The van der Waals surface area contributed by atoms with Crippen LogP contribution in [0.5, 0.6) is 11.5 Å². The van der Waals surface area contributed by atoms with E-state index in [1.165, 1.54) is 15.3 Å². The predicted octanol–water partition coefficient (Wildman–Crippen LogP) is 4.41. The number of carbonyl (C=O) groups excluding carboxylic acids is 1. The van der Waals surface area contributed by atoms with Crippen LogP contribution in [0.15, 0.2) is 47.2 Å². The van der Waals surface area contributed by atoms with Crippen LogP contribution in [0.2, 0.25) is 0 Å². The molecule has 1 amide bonds. The van der Waals surface area contributed by atoms with Gasteiger partial charge in [0.2, 0.25) is 5.91 Å². The zero-order valence-corrected chi connectivity index (χ0v) is 18.4. The Bertz CT molecular complexity index is 1030. The first-order valence-corrected chi connectivity index (χ1v) is 12.0. The fourth-order valence-corrected chi connectivity index (χ4v) is 5.98. The highest BCUT2D eigenvalue weighted by Gasteiger charge is 2.31. The molecule has 0 bridgehead atoms. The van der Waals surface area contributed by atoms with Crippen LogP contribution in [0.3, 0.4) is 0 Å². The van der Waals surface area contributed by atoms with Gasteiger partial charge in [0, 0.05) is 16.3 Å². The van der Waals surface area contributed by atoms with E-state index in [0.29, 0.717) is 19.8 Å². The number of amides is 1. The predicted molar refractivity (Wildman–Crippen MR) is 120 cm³/mol. The Labute approximate surface area is 184 Å². The van der Waals surface area contributed by atoms with E-state index < -0.39 is 0 Å². The van der Waals surface area contributed by atoms with Crippen molar-refractivity contribution in [3.05, 3.63) is 68.0 Å². The van der Waals surface area contributed by atoms with Gasteiger partial charge in [0.15, 0.2) is 11.5 Å². The van der Waals surface area contributed by atoms with Crippen molar-refractivity contribution in [3.8, 4) is 11.5 Å². The summed E-state index contributed by atoms with van der Waals surface area (Å²) in [7, 11) is 0. The lowest BCUT2D eigenvalue weighted by molar-refractivity contribution is -0.123. The van der Waals surface area contributed by atoms with Crippen molar-refractivity contribution in [1.82, 2.24) is 10.2 Å². The summed E-state index contributed by atoms with van der Waals surface area (Å²) in [6, 6.07) is 12.4. The summed E-state index contributed by atoms with van der Waals surface area (Å²) in [6.07, 6.45) is 1.000. The van der Waals surface area contributed by atoms with Crippen LogP contribution >= 0.6 is 22.7 Å². The Morgan fingerprint density at radius 3 is 2.87 bits per heavy atom. The van der Waals surface area contributed by atoms with Gasteiger partial charge in [-0.15, -0.1) is 22.7 Å². The maximum Gasteiger partial charge on any atom is 0.234 e. The van der Waals surface area contributed by atoms with Crippen LogP contribution < -0.4 is 14.8 Å². The second-order valence-corrected chi connectivity index (χ2v) is 9.61. The maximum absolute atomic E-state index is 12.9. The Kier molecular flexibility index (Phi) is 5.50. The third-order valence-electron chi connectivity index (χ3n) is 5.67. The van der Waals surface area contributed by atoms with Gasteiger partial charge in [-0.1, -0.05) is 12.1 Å². The van der Waals surface area contributed by atoms with Gasteiger partial charge < -0.3 is 14.8 Å². The average molecular weight is 441 g/mol. The lowest BCUT2D eigenvalue weighted by atomic mass is 9.98. The Balaban J connectivity index is 1.29. The molecule has 5 nitrogen and oxygen atoms in total. The molecule has 2 aromatic heterocycles. The van der Waals surface area contributed by atoms with Crippen molar-refractivity contribution in [2.75, 3.05) is 26.3 Å². The minimum absolute atomic E-state index is 0.0395. The lowest BCUT2D eigenvalue weighted by Crippen LogP contribution is -2.43. The summed E-state index contributed by atoms with van der Waals surface area (Å²) in [5.74, 6) is 1.55. The highest BCUT2D eigenvalue weighted by Crippen LogP contribution is 2.39. The lowest BCUT2D eigenvalue weighted by Gasteiger charge is -2.35. The van der Waals surface area contributed by atoms with E-state index in [2.05, 4.69) is 39.2 Å². The zero-order valence-electron chi connectivity index (χ0n) is 16.8. The minimum atomic E-state index is -0.102. The molecule has 156 valence electrons. The fourth-order valence-electron chi connectivity index (χ4n) is 4.20. The van der Waals surface area contributed by atoms with Crippen molar-refractivity contribution in [2.24, 2.45) is 0 Å². The number of rotatable bonds is 5. The summed E-state index contributed by atoms with van der Waals surface area (Å²) >= 11 is 3.58. The van der Waals surface area contributed by atoms with Gasteiger partial charge in [0.1, 0.15) is 13.2 Å². The summed E-state index contributed by atoms with van der Waals surface area (Å²) in [5.41, 5.74) is 2.36. The average Bonchev–Trinajstić information content (AvgIpc) is 3.45. The van der Waals surface area contributed by atoms with Crippen molar-refractivity contribution in [3.63, 3.8) is 0 Å². The summed E-state index contributed by atoms with van der Waals surface area (Å²) < 4.78 is 11.3. The van der Waals surface area contributed by atoms with Gasteiger partial charge in [-0.05, 0) is 59.5 Å². The molecule has 1 aromatic carbocycles. The number of hydrogen-bond acceptors (Lipinski definition) is 6. The van der Waals surface area contributed by atoms with Gasteiger partial charge >= 0.3 is 0 Å². The van der Waals surface area contributed by atoms with E-state index >= 15 is 0 Å². The van der Waals surface area contributed by atoms with Gasteiger partial charge in [-0.25, -0.2) is 0 Å². The number of nitrogens with zero attached hydrogens (tertiary/aromatic N) is 1. The molecule has 7 heteroatoms. The van der Waals surface area contributed by atoms with Crippen LogP contribution in [-0.4, -0.2) is 37.1 Å². The van der Waals surface area contributed by atoms with E-state index in [1.54, 1.807) is 11.3 Å². The van der Waals surface area contributed by atoms with Crippen molar-refractivity contribution < 1.29 is 14.3 Å². The van der Waals surface area contributed by atoms with Crippen molar-refractivity contribution >= 4 is 28.6 Å². The summed E-state index contributed by atoms with van der Waals surface area (Å²) in [6.45, 7) is 4.41. The molecule has 2 atom stereocenters. The maximum atomic E-state index is 12.9. The fraction of sp³-hybridized carbons (Fsp3) is 0.348. The van der Waals surface area contributed by atoms with Crippen LogP contribution in [0.1, 0.15) is 39.9 Å². The molecule has 0 saturated carbocycles. The first-order valence-electron chi connectivity index (χ1n) is 10.2. The molecule has 2 aliphatic rings. The third kappa shape index (κ3) is 3.85. The van der Waals surface area contributed by atoms with E-state index in [0.717, 1.165) is 30.0 Å². The van der Waals surface area contributed by atoms with E-state index in [4.69, 9.17) is 9.47 Å². The Morgan fingerprint density at radius 2 is 2.03 bits per heavy atom. The standard InChI is InChI=1S/C23H24N2O3S2/c1-15(16-4-5-18-19(13-16)28-10-9-27-18)24-22(26)14-25-8-6-20-17(7-12-30-20)23(25)21-3-2-11-29-21/h2-5,7,11-13,15,23H,6,8-10,14H2,1H3,(H,24,26). The van der Waals surface area contributed by atoms with Crippen molar-refractivity contribution in [2.45, 2.75) is 25.4 Å². The van der Waals surface area contributed by atoms with Crippen LogP contribution in [-0.2, 0) is 11.2 Å². The molecule has 0 spiro atoms. The second-order valence-electron chi connectivity index (χ2n) is 7.63. The van der Waals surface area contributed by atoms with Crippen LogP contribution in [0.25, 0.3) is 0 Å². The molecule has 3 aromatic rings. The summed E-state index contributed by atoms with van der Waals surface area (Å²) in [4.78, 5) is 18.0. The Morgan fingerprint density at radius 1 is 1.17 bits per heavy atom. The number of ether oxygens (including phenoxy) is 2. The number of nitrogens with one attached hydrogen (secondary N) is 1. The second kappa shape index (κ2) is 8.41. The molecule has 0 saturated heterocycles. The molecule has 2 unspecified atom stereocenters. The highest BCUT2D eigenvalue weighted by atomic mass is 32.1. The largest absolute Gasteiger partial charge is 0.486 e. The van der Waals surface area contributed by atoms with E-state index in [9.17, 15) is 4.79 Å². The monoisotopic (exact) mass is 440 g/mol. The number of carbonyl (C=O) groups is 1. The molecular formula is C23H24N2O3S2. The highest BCUT2D eigenvalue weighted by molar-refractivity contribution is 7.10. The number of benzene rings is 1. The molecule has 1 N–H and O–H groups in total. The van der Waals surface area contributed by atoms with E-state index in [1.807, 2.05) is 36.5 Å². The molecule has 0 aliphatic carbocycles. The first-order chi connectivity index (χ1) is 14.7. The third-order valence-corrected chi connectivity index (χ3v) is 7.59. The SMILES string of the molecule is CC(NC(=O)CN1CCc2sccc2C1c1cccs1)c1ccc2c(c1)OCCO2. The number of fused-ring (bicyclic) bond motifs is 2. The molecule has 4 heterocycles. The van der Waals surface area contributed by atoms with E-state index in [-0.39, 0.29) is 18.0 Å². The minimum Gasteiger partial charge on any atom is -0.486 e. The van der Waals surface area contributed by atoms with Gasteiger partial charge in [0.25, 0.3) is 0 Å². The Hall–Kier alpha value is -2.35. The number of hydrogen-bond donors (Lipinski definition) is 1. The van der Waals surface area contributed by atoms with Crippen LogP contribution in [0.4, 0.5) is 0 Å². The van der Waals surface area contributed by atoms with Gasteiger partial charge in [-0.2, -0.15) is 0 Å². The van der Waals surface area contributed by atoms with Gasteiger partial charge in [0.05, 0.1) is 18.6 Å². The molecule has 0 radical (unpaired) electrons. The first kappa shape index (κ1) is 19.6. The molecule has 30 heavy (non-hydrogen) atoms. The van der Waals surface area contributed by atoms with Crippen molar-refractivity contribution in [1.29, 1.82) is 0 Å². The summed E-state index contributed by atoms with van der Waals surface area (Å²) in [5, 5.41) is 7.44. The number of thiophene rings is 2. The smallest absolute Gasteiger partial charge is 0.234 e. The van der Waals surface area contributed by atoms with Crippen LogP contribution in [0, 0.1) is 0 Å². The molecular weight excluding hydrogens is 416 g/mol. The molecule has 2 aliphatic heterocycles.